The molecule has 5 aromatic rings. The van der Waals surface area contributed by atoms with E-state index in [0.29, 0.717) is 0 Å². The number of rotatable bonds is 2. The lowest BCUT2D eigenvalue weighted by Crippen LogP contribution is -2.12. The van der Waals surface area contributed by atoms with Crippen LogP contribution in [0.15, 0.2) is 76.7 Å². The van der Waals surface area contributed by atoms with Gasteiger partial charge in [-0.25, -0.2) is 0 Å². The Morgan fingerprint density at radius 1 is 0.714 bits per heavy atom. The van der Waals surface area contributed by atoms with Gasteiger partial charge in [0.25, 0.3) is 0 Å². The summed E-state index contributed by atoms with van der Waals surface area (Å²) in [6, 6.07) is 22.9. The predicted octanol–water partition coefficient (Wildman–Crippen LogP) is 9.85. The smallest absolute Gasteiger partial charge is 0.0803 e. The van der Waals surface area contributed by atoms with Gasteiger partial charge in [0.2, 0.25) is 0 Å². The van der Waals surface area contributed by atoms with Gasteiger partial charge in [-0.2, -0.15) is 0 Å². The topological polar surface area (TPSA) is 12.9 Å². The molecule has 6 rings (SSSR count). The molecule has 0 spiro atoms. The summed E-state index contributed by atoms with van der Waals surface area (Å²) in [5.74, 6) is 0. The van der Waals surface area contributed by atoms with E-state index in [1.165, 1.54) is 58.8 Å². The molecule has 176 valence electrons. The molecule has 0 amide bonds. The van der Waals surface area contributed by atoms with Gasteiger partial charge in [-0.15, -0.1) is 0 Å². The molecule has 0 bridgehead atoms. The van der Waals surface area contributed by atoms with E-state index in [-0.39, 0.29) is 10.8 Å². The van der Waals surface area contributed by atoms with Crippen LogP contribution in [0, 0.1) is 10.8 Å². The van der Waals surface area contributed by atoms with Crippen LogP contribution < -0.4 is 0 Å². The molecule has 1 nitrogen and oxygen atoms in total. The molecule has 0 atom stereocenters. The Kier molecular flexibility index (Phi) is 5.06. The SMILES string of the molecule is CC(C)(C)Cc1ccc2c(c1)cc1c3c(nccc32)-c2cc3ccccc3c(CC(C)(C)C)c2S1. The Hall–Kier alpha value is -2.84. The molecule has 0 N–H and O–H groups in total. The van der Waals surface area contributed by atoms with Crippen molar-refractivity contribution in [3.8, 4) is 11.3 Å². The lowest BCUT2D eigenvalue weighted by molar-refractivity contribution is 0.410. The third-order valence-electron chi connectivity index (χ3n) is 6.90. The van der Waals surface area contributed by atoms with E-state index >= 15 is 0 Å². The highest BCUT2D eigenvalue weighted by molar-refractivity contribution is 8.00. The molecule has 1 aromatic heterocycles. The van der Waals surface area contributed by atoms with Crippen LogP contribution in [0.1, 0.15) is 52.7 Å². The highest BCUT2D eigenvalue weighted by atomic mass is 32.2. The highest BCUT2D eigenvalue weighted by Crippen LogP contribution is 2.52. The molecule has 4 aromatic carbocycles. The number of fused-ring (bicyclic) bond motifs is 5. The summed E-state index contributed by atoms with van der Waals surface area (Å²) < 4.78 is 0. The monoisotopic (exact) mass is 475 g/mol. The molecule has 0 radical (unpaired) electrons. The number of nitrogens with zero attached hydrogens (tertiary/aromatic N) is 1. The van der Waals surface area contributed by atoms with Gasteiger partial charge in [0.1, 0.15) is 0 Å². The standard InChI is InChI=1S/C33H33NS/c1-32(2,3)18-20-11-12-24-22(15-20)17-28-29-25(24)13-14-34-30(29)26-16-21-9-7-8-10-23(21)27(31(26)35-28)19-33(4,5)6/h7-17H,18-19H2,1-6H3. The average molecular weight is 476 g/mol. The van der Waals surface area contributed by atoms with E-state index in [9.17, 15) is 0 Å². The van der Waals surface area contributed by atoms with Gasteiger partial charge >= 0.3 is 0 Å². The molecule has 0 saturated heterocycles. The summed E-state index contributed by atoms with van der Waals surface area (Å²) >= 11 is 1.95. The summed E-state index contributed by atoms with van der Waals surface area (Å²) in [5.41, 5.74) is 5.76. The largest absolute Gasteiger partial charge is 0.256 e. The normalized spacial score (nSPS) is 13.5. The Bertz CT molecular complexity index is 1630. The number of hydrogen-bond acceptors (Lipinski definition) is 2. The lowest BCUT2D eigenvalue weighted by atomic mass is 9.84. The second-order valence-electron chi connectivity index (χ2n) is 12.5. The fourth-order valence-electron chi connectivity index (χ4n) is 5.64. The highest BCUT2D eigenvalue weighted by Gasteiger charge is 2.27. The van der Waals surface area contributed by atoms with E-state index in [0.717, 1.165) is 18.5 Å². The minimum absolute atomic E-state index is 0.198. The van der Waals surface area contributed by atoms with Crippen LogP contribution in [0.25, 0.3) is 43.6 Å². The molecule has 2 heteroatoms. The van der Waals surface area contributed by atoms with Crippen molar-refractivity contribution >= 4 is 44.1 Å². The first-order chi connectivity index (χ1) is 16.6. The van der Waals surface area contributed by atoms with Crippen molar-refractivity contribution < 1.29 is 0 Å². The molecule has 0 unspecified atom stereocenters. The minimum Gasteiger partial charge on any atom is -0.256 e. The number of pyridine rings is 1. The predicted molar refractivity (Wildman–Crippen MR) is 153 cm³/mol. The van der Waals surface area contributed by atoms with Crippen molar-refractivity contribution in [1.82, 2.24) is 4.98 Å². The zero-order valence-corrected chi connectivity index (χ0v) is 22.4. The molecule has 35 heavy (non-hydrogen) atoms. The summed E-state index contributed by atoms with van der Waals surface area (Å²) in [7, 11) is 0. The van der Waals surface area contributed by atoms with E-state index in [1.54, 1.807) is 0 Å². The Labute approximate surface area is 213 Å². The Balaban J connectivity index is 1.65. The fourth-order valence-corrected chi connectivity index (χ4v) is 6.93. The van der Waals surface area contributed by atoms with Gasteiger partial charge < -0.3 is 0 Å². The molecular formula is C33H33NS. The molecule has 0 saturated carbocycles. The molecular weight excluding hydrogens is 442 g/mol. The quantitative estimate of drug-likeness (QED) is 0.231. The van der Waals surface area contributed by atoms with Crippen LogP contribution in [-0.2, 0) is 12.8 Å². The van der Waals surface area contributed by atoms with Gasteiger partial charge in [0.05, 0.1) is 5.69 Å². The minimum atomic E-state index is 0.198. The third kappa shape index (κ3) is 4.02. The molecule has 0 aliphatic carbocycles. The average Bonchev–Trinajstić information content (AvgIpc) is 2.77. The van der Waals surface area contributed by atoms with Gasteiger partial charge in [0, 0.05) is 26.9 Å². The van der Waals surface area contributed by atoms with Crippen LogP contribution in [0.4, 0.5) is 0 Å². The van der Waals surface area contributed by atoms with Crippen molar-refractivity contribution in [2.45, 2.75) is 64.2 Å². The van der Waals surface area contributed by atoms with Gasteiger partial charge in [-0.05, 0) is 79.9 Å². The Morgan fingerprint density at radius 2 is 1.49 bits per heavy atom. The number of aromatic nitrogens is 1. The van der Waals surface area contributed by atoms with E-state index < -0.39 is 0 Å². The second kappa shape index (κ2) is 7.83. The van der Waals surface area contributed by atoms with Crippen molar-refractivity contribution in [1.29, 1.82) is 0 Å². The first-order valence-corrected chi connectivity index (χ1v) is 13.5. The molecule has 2 heterocycles. The first kappa shape index (κ1) is 22.6. The number of hydrogen-bond donors (Lipinski definition) is 0. The molecule has 0 fully saturated rings. The fraction of sp³-hybridized carbons (Fsp3) is 0.303. The summed E-state index contributed by atoms with van der Waals surface area (Å²) in [6.07, 6.45) is 4.12. The maximum atomic E-state index is 4.98. The van der Waals surface area contributed by atoms with Crippen molar-refractivity contribution in [3.05, 3.63) is 78.0 Å². The van der Waals surface area contributed by atoms with Crippen LogP contribution in [0.3, 0.4) is 0 Å². The Morgan fingerprint density at radius 3 is 2.26 bits per heavy atom. The van der Waals surface area contributed by atoms with Crippen LogP contribution in [0.2, 0.25) is 0 Å². The van der Waals surface area contributed by atoms with Crippen molar-refractivity contribution in [2.24, 2.45) is 10.8 Å². The van der Waals surface area contributed by atoms with Crippen LogP contribution >= 0.6 is 11.8 Å². The number of benzene rings is 4. The second-order valence-corrected chi connectivity index (χ2v) is 13.6. The van der Waals surface area contributed by atoms with Gasteiger partial charge in [-0.1, -0.05) is 95.8 Å². The maximum Gasteiger partial charge on any atom is 0.0803 e. The molecule has 1 aliphatic heterocycles. The van der Waals surface area contributed by atoms with E-state index in [4.69, 9.17) is 4.98 Å². The molecule has 1 aliphatic rings. The van der Waals surface area contributed by atoms with Crippen LogP contribution in [0.5, 0.6) is 0 Å². The lowest BCUT2D eigenvalue weighted by Gasteiger charge is -2.27. The first-order valence-electron chi connectivity index (χ1n) is 12.6. The summed E-state index contributed by atoms with van der Waals surface area (Å²) in [4.78, 5) is 7.70. The van der Waals surface area contributed by atoms with Crippen molar-refractivity contribution in [2.75, 3.05) is 0 Å². The third-order valence-corrected chi connectivity index (χ3v) is 8.12. The summed E-state index contributed by atoms with van der Waals surface area (Å²) in [6.45, 7) is 14.0. The van der Waals surface area contributed by atoms with Gasteiger partial charge in [-0.3, -0.25) is 4.98 Å². The summed E-state index contributed by atoms with van der Waals surface area (Å²) in [5, 5.41) is 7.95. The zero-order chi connectivity index (χ0) is 24.5. The van der Waals surface area contributed by atoms with Crippen LogP contribution in [-0.4, -0.2) is 4.98 Å². The zero-order valence-electron chi connectivity index (χ0n) is 21.6. The maximum absolute atomic E-state index is 4.98. The van der Waals surface area contributed by atoms with E-state index in [2.05, 4.69) is 102 Å². The van der Waals surface area contributed by atoms with E-state index in [1.807, 2.05) is 18.0 Å². The van der Waals surface area contributed by atoms with Gasteiger partial charge in [0.15, 0.2) is 0 Å². The van der Waals surface area contributed by atoms with Crippen molar-refractivity contribution in [3.63, 3.8) is 0 Å².